The normalized spacial score (nSPS) is 15.5. The maximum atomic E-state index is 12.1. The molecule has 0 unspecified atom stereocenters. The number of rotatable bonds is 5. The molecule has 0 bridgehead atoms. The van der Waals surface area contributed by atoms with Gasteiger partial charge in [-0.05, 0) is 30.9 Å². The van der Waals surface area contributed by atoms with Crippen LogP contribution in [0, 0.1) is 17.2 Å². The van der Waals surface area contributed by atoms with Crippen LogP contribution >= 0.6 is 0 Å². The number of ether oxygens (including phenoxy) is 2. The average molecular weight is 288 g/mol. The summed E-state index contributed by atoms with van der Waals surface area (Å²) >= 11 is 0. The lowest BCUT2D eigenvalue weighted by molar-refractivity contribution is -0.135. The minimum absolute atomic E-state index is 0.0202. The fourth-order valence-electron chi connectivity index (χ4n) is 2.50. The topological polar surface area (TPSA) is 62.6 Å². The fourth-order valence-corrected chi connectivity index (χ4v) is 2.50. The van der Waals surface area contributed by atoms with Gasteiger partial charge in [0.05, 0.1) is 5.56 Å². The number of para-hydroxylation sites is 1. The van der Waals surface area contributed by atoms with Crippen LogP contribution in [0.15, 0.2) is 24.3 Å². The first kappa shape index (κ1) is 15.3. The van der Waals surface area contributed by atoms with E-state index in [0.29, 0.717) is 17.2 Å². The number of hydrogen-bond donors (Lipinski definition) is 0. The molecule has 0 atom stereocenters. The highest BCUT2D eigenvalue weighted by atomic mass is 16.5. The first-order chi connectivity index (χ1) is 10.2. The molecule has 0 aromatic heterocycles. The Labute approximate surface area is 125 Å². The number of likely N-dealkylation sites (tertiary alicyclic amines) is 1. The number of nitrogens with zero attached hydrogens (tertiary/aromatic N) is 2. The average Bonchev–Trinajstić information content (AvgIpc) is 2.54. The van der Waals surface area contributed by atoms with Crippen molar-refractivity contribution < 1.29 is 14.3 Å². The van der Waals surface area contributed by atoms with Crippen LogP contribution in [0.4, 0.5) is 0 Å². The Kier molecular flexibility index (Phi) is 5.59. The molecule has 1 aromatic rings. The Morgan fingerprint density at radius 2 is 2.10 bits per heavy atom. The zero-order valence-corrected chi connectivity index (χ0v) is 12.2. The summed E-state index contributed by atoms with van der Waals surface area (Å²) in [5.41, 5.74) is 0.448. The van der Waals surface area contributed by atoms with Gasteiger partial charge in [0, 0.05) is 26.8 Å². The molecule has 1 saturated heterocycles. The number of amides is 1. The number of methoxy groups -OCH3 is 1. The molecular weight excluding hydrogens is 268 g/mol. The molecule has 112 valence electrons. The van der Waals surface area contributed by atoms with E-state index in [2.05, 4.69) is 6.07 Å². The SMILES string of the molecule is COCC1CCN(C(=O)COc2ccccc2C#N)CC1. The van der Waals surface area contributed by atoms with E-state index < -0.39 is 0 Å². The van der Waals surface area contributed by atoms with Crippen LogP contribution in [-0.2, 0) is 9.53 Å². The minimum Gasteiger partial charge on any atom is -0.482 e. The highest BCUT2D eigenvalue weighted by Crippen LogP contribution is 2.19. The zero-order chi connectivity index (χ0) is 15.1. The van der Waals surface area contributed by atoms with Crippen LogP contribution in [-0.4, -0.2) is 44.2 Å². The van der Waals surface area contributed by atoms with Crippen molar-refractivity contribution in [3.8, 4) is 11.8 Å². The third kappa shape index (κ3) is 4.20. The predicted molar refractivity (Wildman–Crippen MR) is 77.8 cm³/mol. The third-order valence-corrected chi connectivity index (χ3v) is 3.73. The number of hydrogen-bond acceptors (Lipinski definition) is 4. The third-order valence-electron chi connectivity index (χ3n) is 3.73. The van der Waals surface area contributed by atoms with Gasteiger partial charge in [0.1, 0.15) is 11.8 Å². The van der Waals surface area contributed by atoms with Gasteiger partial charge in [-0.15, -0.1) is 0 Å². The highest BCUT2D eigenvalue weighted by Gasteiger charge is 2.23. The van der Waals surface area contributed by atoms with Crippen LogP contribution < -0.4 is 4.74 Å². The quantitative estimate of drug-likeness (QED) is 0.829. The lowest BCUT2D eigenvalue weighted by Gasteiger charge is -2.31. The second-order valence-electron chi connectivity index (χ2n) is 5.18. The molecule has 1 aliphatic rings. The van der Waals surface area contributed by atoms with E-state index >= 15 is 0 Å². The van der Waals surface area contributed by atoms with Crippen LogP contribution in [0.5, 0.6) is 5.75 Å². The molecule has 0 spiro atoms. The van der Waals surface area contributed by atoms with Crippen LogP contribution in [0.3, 0.4) is 0 Å². The Balaban J connectivity index is 1.82. The molecule has 5 nitrogen and oxygen atoms in total. The molecule has 21 heavy (non-hydrogen) atoms. The molecule has 1 aliphatic heterocycles. The van der Waals surface area contributed by atoms with Gasteiger partial charge >= 0.3 is 0 Å². The van der Waals surface area contributed by atoms with E-state index in [9.17, 15) is 4.79 Å². The summed E-state index contributed by atoms with van der Waals surface area (Å²) in [5, 5.41) is 8.97. The summed E-state index contributed by atoms with van der Waals surface area (Å²) < 4.78 is 10.6. The molecule has 5 heteroatoms. The Morgan fingerprint density at radius 1 is 1.38 bits per heavy atom. The van der Waals surface area contributed by atoms with E-state index in [1.807, 2.05) is 4.90 Å². The van der Waals surface area contributed by atoms with Gasteiger partial charge in [0.2, 0.25) is 0 Å². The van der Waals surface area contributed by atoms with E-state index in [1.54, 1.807) is 31.4 Å². The highest BCUT2D eigenvalue weighted by molar-refractivity contribution is 5.78. The number of benzene rings is 1. The van der Waals surface area contributed by atoms with E-state index in [1.165, 1.54) is 0 Å². The van der Waals surface area contributed by atoms with E-state index in [-0.39, 0.29) is 12.5 Å². The Hall–Kier alpha value is -2.06. The van der Waals surface area contributed by atoms with Gasteiger partial charge < -0.3 is 14.4 Å². The molecule has 0 aliphatic carbocycles. The van der Waals surface area contributed by atoms with Crippen molar-refractivity contribution in [3.63, 3.8) is 0 Å². The van der Waals surface area contributed by atoms with Crippen molar-refractivity contribution in [2.24, 2.45) is 5.92 Å². The summed E-state index contributed by atoms with van der Waals surface area (Å²) in [5.74, 6) is 0.973. The van der Waals surface area contributed by atoms with Crippen molar-refractivity contribution in [3.05, 3.63) is 29.8 Å². The van der Waals surface area contributed by atoms with Crippen molar-refractivity contribution in [2.75, 3.05) is 33.4 Å². The van der Waals surface area contributed by atoms with Gasteiger partial charge in [-0.25, -0.2) is 0 Å². The lowest BCUT2D eigenvalue weighted by atomic mass is 9.98. The molecule has 0 N–H and O–H groups in total. The largest absolute Gasteiger partial charge is 0.482 e. The molecule has 1 aromatic carbocycles. The Morgan fingerprint density at radius 3 is 2.76 bits per heavy atom. The van der Waals surface area contributed by atoms with Gasteiger partial charge in [-0.1, -0.05) is 12.1 Å². The molecule has 1 fully saturated rings. The van der Waals surface area contributed by atoms with Crippen LogP contribution in [0.2, 0.25) is 0 Å². The maximum absolute atomic E-state index is 12.1. The monoisotopic (exact) mass is 288 g/mol. The smallest absolute Gasteiger partial charge is 0.260 e. The van der Waals surface area contributed by atoms with Crippen LogP contribution in [0.25, 0.3) is 0 Å². The number of carbonyl (C=O) groups excluding carboxylic acids is 1. The summed E-state index contributed by atoms with van der Waals surface area (Å²) in [6.07, 6.45) is 1.93. The maximum Gasteiger partial charge on any atom is 0.260 e. The number of nitriles is 1. The predicted octanol–water partition coefficient (Wildman–Crippen LogP) is 1.82. The van der Waals surface area contributed by atoms with Gasteiger partial charge in [-0.2, -0.15) is 5.26 Å². The second kappa shape index (κ2) is 7.65. The summed E-state index contributed by atoms with van der Waals surface area (Å²) in [6, 6.07) is 9.00. The number of piperidine rings is 1. The standard InChI is InChI=1S/C16H20N2O3/c1-20-11-13-6-8-18(9-7-13)16(19)12-21-15-5-3-2-4-14(15)10-17/h2-5,13H,6-9,11-12H2,1H3. The summed E-state index contributed by atoms with van der Waals surface area (Å²) in [6.45, 7) is 2.23. The molecule has 0 saturated carbocycles. The second-order valence-corrected chi connectivity index (χ2v) is 5.18. The van der Waals surface area contributed by atoms with Gasteiger partial charge in [0.25, 0.3) is 5.91 Å². The van der Waals surface area contributed by atoms with Crippen molar-refractivity contribution in [1.82, 2.24) is 4.90 Å². The molecule has 1 amide bonds. The summed E-state index contributed by atoms with van der Waals surface area (Å²) in [4.78, 5) is 13.9. The molecule has 1 heterocycles. The van der Waals surface area contributed by atoms with Crippen molar-refractivity contribution in [1.29, 1.82) is 5.26 Å². The molecule has 0 radical (unpaired) electrons. The van der Waals surface area contributed by atoms with Gasteiger partial charge in [0.15, 0.2) is 6.61 Å². The lowest BCUT2D eigenvalue weighted by Crippen LogP contribution is -2.41. The number of carbonyl (C=O) groups is 1. The van der Waals surface area contributed by atoms with Gasteiger partial charge in [-0.3, -0.25) is 4.79 Å². The first-order valence-electron chi connectivity index (χ1n) is 7.13. The van der Waals surface area contributed by atoms with E-state index in [0.717, 1.165) is 32.5 Å². The van der Waals surface area contributed by atoms with Crippen molar-refractivity contribution >= 4 is 5.91 Å². The Bertz CT molecular complexity index is 516. The molecule has 2 rings (SSSR count). The van der Waals surface area contributed by atoms with Crippen molar-refractivity contribution in [2.45, 2.75) is 12.8 Å². The first-order valence-corrected chi connectivity index (χ1v) is 7.13. The fraction of sp³-hybridized carbons (Fsp3) is 0.500. The van der Waals surface area contributed by atoms with E-state index in [4.69, 9.17) is 14.7 Å². The minimum atomic E-state index is -0.0291. The summed E-state index contributed by atoms with van der Waals surface area (Å²) in [7, 11) is 1.71. The van der Waals surface area contributed by atoms with Crippen LogP contribution in [0.1, 0.15) is 18.4 Å². The zero-order valence-electron chi connectivity index (χ0n) is 12.2. The molecular formula is C16H20N2O3.